The molecule has 2 aromatic rings. The minimum absolute atomic E-state index is 0.122. The first kappa shape index (κ1) is 18.5. The summed E-state index contributed by atoms with van der Waals surface area (Å²) in [7, 11) is -3.86. The number of carbonyl (C=O) groups is 1. The summed E-state index contributed by atoms with van der Waals surface area (Å²) in [5, 5.41) is 8.98. The third kappa shape index (κ3) is 4.15. The van der Waals surface area contributed by atoms with E-state index in [9.17, 15) is 13.2 Å². The highest BCUT2D eigenvalue weighted by Gasteiger charge is 2.26. The summed E-state index contributed by atoms with van der Waals surface area (Å²) in [5.41, 5.74) is 2.17. The van der Waals surface area contributed by atoms with E-state index in [0.717, 1.165) is 15.6 Å². The van der Waals surface area contributed by atoms with Gasteiger partial charge in [-0.15, -0.1) is 0 Å². The van der Waals surface area contributed by atoms with Crippen LogP contribution in [0.3, 0.4) is 0 Å². The Labute approximate surface area is 150 Å². The molecule has 0 aliphatic heterocycles. The van der Waals surface area contributed by atoms with Gasteiger partial charge in [0, 0.05) is 11.0 Å². The molecule has 0 spiro atoms. The Balaban J connectivity index is 2.54. The van der Waals surface area contributed by atoms with Crippen molar-refractivity contribution in [1.82, 2.24) is 0 Å². The Bertz CT molecular complexity index is 847. The molecule has 0 aliphatic rings. The second kappa shape index (κ2) is 7.36. The van der Waals surface area contributed by atoms with Gasteiger partial charge < -0.3 is 5.11 Å². The molecule has 0 radical (unpaired) electrons. The maximum Gasteiger partial charge on any atom is 0.305 e. The van der Waals surface area contributed by atoms with Gasteiger partial charge in [0.25, 0.3) is 10.0 Å². The predicted octanol–water partition coefficient (Wildman–Crippen LogP) is 3.74. The number of halogens is 1. The molecule has 0 aromatic heterocycles. The molecule has 0 saturated heterocycles. The van der Waals surface area contributed by atoms with Crippen molar-refractivity contribution in [3.63, 3.8) is 0 Å². The monoisotopic (exact) mass is 411 g/mol. The Morgan fingerprint density at radius 3 is 2.33 bits per heavy atom. The summed E-state index contributed by atoms with van der Waals surface area (Å²) in [5.74, 6) is -1.05. The Morgan fingerprint density at radius 1 is 1.12 bits per heavy atom. The standard InChI is InChI=1S/C17H18BrNO4S/c1-12-3-4-13(2)16(11-12)19(10-9-17(20)21)24(22,23)15-7-5-14(18)6-8-15/h3-8,11H,9-10H2,1-2H3,(H,20,21). The highest BCUT2D eigenvalue weighted by atomic mass is 79.9. The second-order valence-corrected chi connectivity index (χ2v) is 8.24. The summed E-state index contributed by atoms with van der Waals surface area (Å²) < 4.78 is 28.0. The number of carboxylic acids is 1. The van der Waals surface area contributed by atoms with Crippen LogP contribution in [0.1, 0.15) is 17.5 Å². The van der Waals surface area contributed by atoms with Gasteiger partial charge in [-0.2, -0.15) is 0 Å². The van der Waals surface area contributed by atoms with Crippen LogP contribution in [0.15, 0.2) is 51.8 Å². The smallest absolute Gasteiger partial charge is 0.305 e. The van der Waals surface area contributed by atoms with E-state index >= 15 is 0 Å². The molecule has 1 N–H and O–H groups in total. The average molecular weight is 412 g/mol. The van der Waals surface area contributed by atoms with Crippen molar-refractivity contribution >= 4 is 37.6 Å². The summed E-state index contributed by atoms with van der Waals surface area (Å²) in [6.07, 6.45) is -0.275. The first-order chi connectivity index (χ1) is 11.2. The van der Waals surface area contributed by atoms with Crippen molar-refractivity contribution in [3.8, 4) is 0 Å². The van der Waals surface area contributed by atoms with Crippen LogP contribution in [0.2, 0.25) is 0 Å². The van der Waals surface area contributed by atoms with Crippen molar-refractivity contribution < 1.29 is 18.3 Å². The van der Waals surface area contributed by atoms with E-state index in [1.807, 2.05) is 19.1 Å². The van der Waals surface area contributed by atoms with Gasteiger partial charge in [-0.3, -0.25) is 9.10 Å². The van der Waals surface area contributed by atoms with Gasteiger partial charge in [0.15, 0.2) is 0 Å². The molecule has 128 valence electrons. The minimum atomic E-state index is -3.86. The number of nitrogens with zero attached hydrogens (tertiary/aromatic N) is 1. The molecule has 5 nitrogen and oxygen atoms in total. The number of carboxylic acid groups (broad SMARTS) is 1. The molecule has 0 bridgehead atoms. The van der Waals surface area contributed by atoms with Gasteiger partial charge in [-0.05, 0) is 55.3 Å². The normalized spacial score (nSPS) is 11.3. The first-order valence-corrected chi connectivity index (χ1v) is 9.52. The number of rotatable bonds is 6. The molecule has 24 heavy (non-hydrogen) atoms. The van der Waals surface area contributed by atoms with E-state index in [1.165, 1.54) is 16.4 Å². The molecule has 2 rings (SSSR count). The van der Waals surface area contributed by atoms with Gasteiger partial charge in [0.05, 0.1) is 17.0 Å². The molecule has 0 amide bonds. The highest BCUT2D eigenvalue weighted by Crippen LogP contribution is 2.28. The Morgan fingerprint density at radius 2 is 1.75 bits per heavy atom. The SMILES string of the molecule is Cc1ccc(C)c(N(CCC(=O)O)S(=O)(=O)c2ccc(Br)cc2)c1. The minimum Gasteiger partial charge on any atom is -0.481 e. The zero-order chi connectivity index (χ0) is 17.9. The highest BCUT2D eigenvalue weighted by molar-refractivity contribution is 9.10. The molecular formula is C17H18BrNO4S. The zero-order valence-corrected chi connectivity index (χ0v) is 15.8. The average Bonchev–Trinajstić information content (AvgIpc) is 2.50. The van der Waals surface area contributed by atoms with E-state index in [-0.39, 0.29) is 17.9 Å². The van der Waals surface area contributed by atoms with Crippen molar-refractivity contribution in [1.29, 1.82) is 0 Å². The number of anilines is 1. The molecule has 0 fully saturated rings. The van der Waals surface area contributed by atoms with E-state index in [2.05, 4.69) is 15.9 Å². The van der Waals surface area contributed by atoms with E-state index in [0.29, 0.717) is 5.69 Å². The van der Waals surface area contributed by atoms with Gasteiger partial charge in [0.1, 0.15) is 0 Å². The Kier molecular flexibility index (Phi) is 5.66. The lowest BCUT2D eigenvalue weighted by Gasteiger charge is -2.26. The Hall–Kier alpha value is -1.86. The number of hydrogen-bond acceptors (Lipinski definition) is 3. The van der Waals surface area contributed by atoms with E-state index in [4.69, 9.17) is 5.11 Å². The maximum absolute atomic E-state index is 13.0. The van der Waals surface area contributed by atoms with Gasteiger partial charge >= 0.3 is 5.97 Å². The van der Waals surface area contributed by atoms with Crippen LogP contribution in [0.4, 0.5) is 5.69 Å². The molecule has 0 saturated carbocycles. The molecule has 7 heteroatoms. The molecule has 0 unspecified atom stereocenters. The lowest BCUT2D eigenvalue weighted by molar-refractivity contribution is -0.136. The fourth-order valence-corrected chi connectivity index (χ4v) is 4.08. The van der Waals surface area contributed by atoms with E-state index < -0.39 is 16.0 Å². The fourth-order valence-electron chi connectivity index (χ4n) is 2.29. The topological polar surface area (TPSA) is 74.7 Å². The van der Waals surface area contributed by atoms with Crippen molar-refractivity contribution in [2.75, 3.05) is 10.8 Å². The van der Waals surface area contributed by atoms with Gasteiger partial charge in [-0.1, -0.05) is 28.1 Å². The largest absolute Gasteiger partial charge is 0.481 e. The van der Waals surface area contributed by atoms with E-state index in [1.54, 1.807) is 25.1 Å². The van der Waals surface area contributed by atoms with Crippen molar-refractivity contribution in [2.45, 2.75) is 25.2 Å². The number of benzene rings is 2. The molecule has 0 aliphatic carbocycles. The number of aliphatic carboxylic acids is 1. The summed E-state index contributed by atoms with van der Waals surface area (Å²) in [6, 6.07) is 11.8. The van der Waals surface area contributed by atoms with Crippen molar-refractivity contribution in [2.24, 2.45) is 0 Å². The van der Waals surface area contributed by atoms with Crippen LogP contribution in [0.5, 0.6) is 0 Å². The van der Waals surface area contributed by atoms with Crippen LogP contribution in [-0.4, -0.2) is 26.0 Å². The van der Waals surface area contributed by atoms with Crippen molar-refractivity contribution in [3.05, 3.63) is 58.1 Å². The third-order valence-corrected chi connectivity index (χ3v) is 5.92. The van der Waals surface area contributed by atoms with Crippen LogP contribution in [0, 0.1) is 13.8 Å². The fraction of sp³-hybridized carbons (Fsp3) is 0.235. The van der Waals surface area contributed by atoms with Crippen LogP contribution >= 0.6 is 15.9 Å². The third-order valence-electron chi connectivity index (χ3n) is 3.56. The lowest BCUT2D eigenvalue weighted by Crippen LogP contribution is -2.33. The summed E-state index contributed by atoms with van der Waals surface area (Å²) in [6.45, 7) is 3.54. The van der Waals surface area contributed by atoms with Gasteiger partial charge in [0.2, 0.25) is 0 Å². The maximum atomic E-state index is 13.0. The zero-order valence-electron chi connectivity index (χ0n) is 13.4. The summed E-state index contributed by atoms with van der Waals surface area (Å²) >= 11 is 3.28. The van der Waals surface area contributed by atoms with Crippen LogP contribution < -0.4 is 4.31 Å². The lowest BCUT2D eigenvalue weighted by atomic mass is 10.1. The van der Waals surface area contributed by atoms with Gasteiger partial charge in [-0.25, -0.2) is 8.42 Å². The number of sulfonamides is 1. The first-order valence-electron chi connectivity index (χ1n) is 7.29. The van der Waals surface area contributed by atoms with Crippen LogP contribution in [-0.2, 0) is 14.8 Å². The summed E-state index contributed by atoms with van der Waals surface area (Å²) in [4.78, 5) is 11.1. The predicted molar refractivity (Wildman–Crippen MR) is 96.8 cm³/mol. The molecule has 0 heterocycles. The second-order valence-electron chi connectivity index (χ2n) is 5.46. The quantitative estimate of drug-likeness (QED) is 0.785. The molecule has 0 atom stereocenters. The molecule has 2 aromatic carbocycles. The number of hydrogen-bond donors (Lipinski definition) is 1. The molecular weight excluding hydrogens is 394 g/mol. The number of aryl methyl sites for hydroxylation is 2. The van der Waals surface area contributed by atoms with Crippen LogP contribution in [0.25, 0.3) is 0 Å².